The first-order chi connectivity index (χ1) is 12.0. The van der Waals surface area contributed by atoms with Crippen LogP contribution in [-0.2, 0) is 4.79 Å². The van der Waals surface area contributed by atoms with E-state index in [9.17, 15) is 19.2 Å². The summed E-state index contributed by atoms with van der Waals surface area (Å²) in [6, 6.07) is 13.5. The third kappa shape index (κ3) is 3.80. The Labute approximate surface area is 144 Å². The standard InChI is InChI=1S/C19H16N2O4/c22-16(12-5-2-1-3-6-12)7-4-8-17(23)20-13-9-10-14-15(11-13)19(25)21-18(14)24/h1-3,5-6,9-11H,4,7-8H2,(H,20,23)(H,21,24,25). The van der Waals surface area contributed by atoms with E-state index in [1.807, 2.05) is 6.07 Å². The second kappa shape index (κ2) is 7.09. The molecule has 0 unspecified atom stereocenters. The number of rotatable bonds is 6. The molecule has 0 atom stereocenters. The van der Waals surface area contributed by atoms with Gasteiger partial charge in [-0.05, 0) is 24.6 Å². The quantitative estimate of drug-likeness (QED) is 0.626. The van der Waals surface area contributed by atoms with E-state index in [2.05, 4.69) is 10.6 Å². The van der Waals surface area contributed by atoms with Gasteiger partial charge in [0.25, 0.3) is 11.8 Å². The lowest BCUT2D eigenvalue weighted by atomic mass is 10.1. The zero-order valence-corrected chi connectivity index (χ0v) is 13.4. The summed E-state index contributed by atoms with van der Waals surface area (Å²) in [5.74, 6) is -1.14. The number of carbonyl (C=O) groups excluding carboxylic acids is 4. The third-order valence-electron chi connectivity index (χ3n) is 3.92. The van der Waals surface area contributed by atoms with Gasteiger partial charge in [0, 0.05) is 24.1 Å². The van der Waals surface area contributed by atoms with E-state index in [1.165, 1.54) is 12.1 Å². The van der Waals surface area contributed by atoms with Crippen molar-refractivity contribution in [3.63, 3.8) is 0 Å². The molecule has 126 valence electrons. The predicted octanol–water partition coefficient (Wildman–Crippen LogP) is 2.56. The Hall–Kier alpha value is -3.28. The lowest BCUT2D eigenvalue weighted by molar-refractivity contribution is -0.116. The normalized spacial score (nSPS) is 12.5. The molecule has 0 saturated heterocycles. The van der Waals surface area contributed by atoms with Gasteiger partial charge in [-0.25, -0.2) is 0 Å². The largest absolute Gasteiger partial charge is 0.326 e. The van der Waals surface area contributed by atoms with Gasteiger partial charge in [-0.2, -0.15) is 0 Å². The molecule has 2 N–H and O–H groups in total. The van der Waals surface area contributed by atoms with E-state index >= 15 is 0 Å². The summed E-state index contributed by atoms with van der Waals surface area (Å²) in [6.45, 7) is 0. The Kier molecular flexibility index (Phi) is 4.70. The Bertz CT molecular complexity index is 859. The van der Waals surface area contributed by atoms with Gasteiger partial charge in [0.2, 0.25) is 5.91 Å². The van der Waals surface area contributed by atoms with Gasteiger partial charge in [-0.3, -0.25) is 24.5 Å². The van der Waals surface area contributed by atoms with Crippen molar-refractivity contribution >= 4 is 29.2 Å². The van der Waals surface area contributed by atoms with E-state index in [0.29, 0.717) is 29.7 Å². The molecule has 1 heterocycles. The van der Waals surface area contributed by atoms with Crippen molar-refractivity contribution in [1.29, 1.82) is 0 Å². The number of hydrogen-bond donors (Lipinski definition) is 2. The molecule has 2 aromatic rings. The second-order valence-corrected chi connectivity index (χ2v) is 5.73. The Morgan fingerprint density at radius 3 is 2.36 bits per heavy atom. The van der Waals surface area contributed by atoms with Crippen LogP contribution in [0, 0.1) is 0 Å². The summed E-state index contributed by atoms with van der Waals surface area (Å²) in [7, 11) is 0. The highest BCUT2D eigenvalue weighted by Crippen LogP contribution is 2.20. The second-order valence-electron chi connectivity index (χ2n) is 5.73. The van der Waals surface area contributed by atoms with Gasteiger partial charge in [0.15, 0.2) is 5.78 Å². The lowest BCUT2D eigenvalue weighted by Gasteiger charge is -2.06. The molecule has 0 radical (unpaired) electrons. The van der Waals surface area contributed by atoms with Crippen LogP contribution in [-0.4, -0.2) is 23.5 Å². The number of imide groups is 1. The SMILES string of the molecule is O=C(CCCC(=O)c1ccccc1)Nc1ccc2c(c1)C(=O)NC2=O. The summed E-state index contributed by atoms with van der Waals surface area (Å²) in [5, 5.41) is 4.88. The number of benzene rings is 2. The fourth-order valence-electron chi connectivity index (χ4n) is 2.65. The fourth-order valence-corrected chi connectivity index (χ4v) is 2.65. The number of fused-ring (bicyclic) bond motifs is 1. The van der Waals surface area contributed by atoms with Crippen LogP contribution < -0.4 is 10.6 Å². The van der Waals surface area contributed by atoms with Gasteiger partial charge >= 0.3 is 0 Å². The van der Waals surface area contributed by atoms with Gasteiger partial charge in [0.1, 0.15) is 0 Å². The Morgan fingerprint density at radius 2 is 1.60 bits per heavy atom. The minimum absolute atomic E-state index is 0.00103. The first-order valence-electron chi connectivity index (χ1n) is 7.92. The number of Topliss-reactive ketones (excluding diaryl/α,β-unsaturated/α-hetero) is 1. The van der Waals surface area contributed by atoms with E-state index in [-0.39, 0.29) is 23.7 Å². The first kappa shape index (κ1) is 16.6. The number of amides is 3. The molecule has 0 saturated carbocycles. The van der Waals surface area contributed by atoms with E-state index < -0.39 is 11.8 Å². The van der Waals surface area contributed by atoms with Crippen LogP contribution >= 0.6 is 0 Å². The molecule has 0 spiro atoms. The minimum atomic E-state index is -0.468. The van der Waals surface area contributed by atoms with Crippen LogP contribution in [0.25, 0.3) is 0 Å². The van der Waals surface area contributed by atoms with Crippen molar-refractivity contribution in [3.05, 3.63) is 65.2 Å². The van der Waals surface area contributed by atoms with Crippen LogP contribution in [0.4, 0.5) is 5.69 Å². The van der Waals surface area contributed by atoms with Gasteiger partial charge in [0.05, 0.1) is 11.1 Å². The number of anilines is 1. The topological polar surface area (TPSA) is 92.3 Å². The molecule has 2 aromatic carbocycles. The van der Waals surface area contributed by atoms with Crippen molar-refractivity contribution in [3.8, 4) is 0 Å². The molecular formula is C19H16N2O4. The molecule has 3 amide bonds. The molecule has 0 fully saturated rings. The number of carbonyl (C=O) groups is 4. The molecule has 0 aromatic heterocycles. The molecule has 25 heavy (non-hydrogen) atoms. The Morgan fingerprint density at radius 1 is 0.880 bits per heavy atom. The summed E-state index contributed by atoms with van der Waals surface area (Å²) < 4.78 is 0. The lowest BCUT2D eigenvalue weighted by Crippen LogP contribution is -2.19. The molecule has 3 rings (SSSR count). The van der Waals surface area contributed by atoms with E-state index in [1.54, 1.807) is 30.3 Å². The first-order valence-corrected chi connectivity index (χ1v) is 7.92. The smallest absolute Gasteiger partial charge is 0.259 e. The number of ketones is 1. The average Bonchev–Trinajstić information content (AvgIpc) is 2.89. The van der Waals surface area contributed by atoms with Crippen molar-refractivity contribution < 1.29 is 19.2 Å². The zero-order valence-electron chi connectivity index (χ0n) is 13.4. The molecular weight excluding hydrogens is 320 g/mol. The van der Waals surface area contributed by atoms with Crippen molar-refractivity contribution in [1.82, 2.24) is 5.32 Å². The highest BCUT2D eigenvalue weighted by Gasteiger charge is 2.26. The molecule has 1 aliphatic heterocycles. The Balaban J connectivity index is 1.52. The van der Waals surface area contributed by atoms with Crippen LogP contribution in [0.1, 0.15) is 50.3 Å². The van der Waals surface area contributed by atoms with Gasteiger partial charge in [-0.15, -0.1) is 0 Å². The van der Waals surface area contributed by atoms with Crippen LogP contribution in [0.2, 0.25) is 0 Å². The summed E-state index contributed by atoms with van der Waals surface area (Å²) in [6.07, 6.45) is 0.919. The fraction of sp³-hybridized carbons (Fsp3) is 0.158. The monoisotopic (exact) mass is 336 g/mol. The number of hydrogen-bond acceptors (Lipinski definition) is 4. The summed E-state index contributed by atoms with van der Waals surface area (Å²) in [5.41, 5.74) is 1.64. The third-order valence-corrected chi connectivity index (χ3v) is 3.92. The number of nitrogens with one attached hydrogen (secondary N) is 2. The van der Waals surface area contributed by atoms with Gasteiger partial charge in [-0.1, -0.05) is 30.3 Å². The zero-order chi connectivity index (χ0) is 17.8. The summed E-state index contributed by atoms with van der Waals surface area (Å²) in [4.78, 5) is 47.1. The predicted molar refractivity (Wildman–Crippen MR) is 91.5 cm³/mol. The average molecular weight is 336 g/mol. The molecule has 1 aliphatic rings. The van der Waals surface area contributed by atoms with Crippen LogP contribution in [0.15, 0.2) is 48.5 Å². The molecule has 0 bridgehead atoms. The molecule has 0 aliphatic carbocycles. The van der Waals surface area contributed by atoms with Crippen LogP contribution in [0.3, 0.4) is 0 Å². The van der Waals surface area contributed by atoms with E-state index in [0.717, 1.165) is 0 Å². The van der Waals surface area contributed by atoms with Gasteiger partial charge < -0.3 is 5.32 Å². The summed E-state index contributed by atoms with van der Waals surface area (Å²) >= 11 is 0. The molecule has 6 nitrogen and oxygen atoms in total. The van der Waals surface area contributed by atoms with Crippen LogP contribution in [0.5, 0.6) is 0 Å². The maximum absolute atomic E-state index is 12.0. The van der Waals surface area contributed by atoms with Crippen molar-refractivity contribution in [2.24, 2.45) is 0 Å². The van der Waals surface area contributed by atoms with Crippen molar-refractivity contribution in [2.45, 2.75) is 19.3 Å². The highest BCUT2D eigenvalue weighted by atomic mass is 16.2. The minimum Gasteiger partial charge on any atom is -0.326 e. The van der Waals surface area contributed by atoms with Crippen molar-refractivity contribution in [2.75, 3.05) is 5.32 Å². The highest BCUT2D eigenvalue weighted by molar-refractivity contribution is 6.22. The maximum Gasteiger partial charge on any atom is 0.259 e. The van der Waals surface area contributed by atoms with E-state index in [4.69, 9.17) is 0 Å². The maximum atomic E-state index is 12.0. The molecule has 6 heteroatoms.